The highest BCUT2D eigenvalue weighted by Crippen LogP contribution is 2.38. The van der Waals surface area contributed by atoms with E-state index in [4.69, 9.17) is 15.2 Å². The molecule has 0 unspecified atom stereocenters. The molecule has 0 atom stereocenters. The van der Waals surface area contributed by atoms with Crippen LogP contribution in [0.4, 0.5) is 11.4 Å². The molecular formula is C15H22ClN3O4. The van der Waals surface area contributed by atoms with E-state index < -0.39 is 0 Å². The van der Waals surface area contributed by atoms with Crippen molar-refractivity contribution in [3.8, 4) is 11.5 Å². The molecule has 0 aromatic heterocycles. The average molecular weight is 344 g/mol. The monoisotopic (exact) mass is 343 g/mol. The zero-order valence-corrected chi connectivity index (χ0v) is 13.8. The van der Waals surface area contributed by atoms with Crippen LogP contribution in [0, 0.1) is 0 Å². The third-order valence-corrected chi connectivity index (χ3v) is 3.27. The lowest BCUT2D eigenvalue weighted by Gasteiger charge is -2.09. The van der Waals surface area contributed by atoms with Crippen molar-refractivity contribution in [2.45, 2.75) is 32.6 Å². The Labute approximate surface area is 141 Å². The van der Waals surface area contributed by atoms with E-state index in [1.807, 2.05) is 0 Å². The zero-order valence-electron chi connectivity index (χ0n) is 13.0. The molecule has 0 saturated heterocycles. The Balaban J connectivity index is 0.00000264. The first-order valence-corrected chi connectivity index (χ1v) is 7.29. The third kappa shape index (κ3) is 5.86. The summed E-state index contributed by atoms with van der Waals surface area (Å²) in [6, 6.07) is 3.32. The number of carbonyl (C=O) groups is 2. The van der Waals surface area contributed by atoms with Gasteiger partial charge >= 0.3 is 0 Å². The number of fused-ring (bicyclic) bond motifs is 1. The van der Waals surface area contributed by atoms with Crippen molar-refractivity contribution in [2.75, 3.05) is 24.4 Å². The Hall–Kier alpha value is -2.15. The molecule has 0 bridgehead atoms. The molecule has 1 heterocycles. The van der Waals surface area contributed by atoms with E-state index in [-0.39, 0.29) is 31.0 Å². The first-order valence-electron chi connectivity index (χ1n) is 7.29. The summed E-state index contributed by atoms with van der Waals surface area (Å²) in [5.41, 5.74) is 6.86. The highest BCUT2D eigenvalue weighted by atomic mass is 35.5. The lowest BCUT2D eigenvalue weighted by Crippen LogP contribution is -2.20. The molecule has 1 aromatic carbocycles. The van der Waals surface area contributed by atoms with Crippen LogP contribution in [0.2, 0.25) is 0 Å². The quantitative estimate of drug-likeness (QED) is 0.519. The van der Waals surface area contributed by atoms with Crippen LogP contribution in [-0.2, 0) is 9.59 Å². The van der Waals surface area contributed by atoms with E-state index in [0.717, 1.165) is 19.3 Å². The highest BCUT2D eigenvalue weighted by Gasteiger charge is 2.17. The van der Waals surface area contributed by atoms with Crippen LogP contribution in [0.25, 0.3) is 0 Å². The molecule has 4 N–H and O–H groups in total. The molecule has 0 fully saturated rings. The number of carbonyl (C=O) groups excluding carboxylic acids is 2. The average Bonchev–Trinajstić information content (AvgIpc) is 2.89. The van der Waals surface area contributed by atoms with Crippen LogP contribution in [0.1, 0.15) is 32.6 Å². The maximum atomic E-state index is 11.9. The van der Waals surface area contributed by atoms with E-state index in [2.05, 4.69) is 10.6 Å². The summed E-state index contributed by atoms with van der Waals surface area (Å²) >= 11 is 0. The molecule has 2 rings (SSSR count). The molecule has 2 amide bonds. The van der Waals surface area contributed by atoms with Crippen molar-refractivity contribution >= 4 is 35.6 Å². The van der Waals surface area contributed by atoms with Gasteiger partial charge in [0.05, 0.1) is 11.4 Å². The van der Waals surface area contributed by atoms with Gasteiger partial charge in [-0.1, -0.05) is 6.42 Å². The summed E-state index contributed by atoms with van der Waals surface area (Å²) in [4.78, 5) is 22.6. The number of rotatable bonds is 7. The number of nitrogen functional groups attached to an aromatic ring is 1. The van der Waals surface area contributed by atoms with E-state index >= 15 is 0 Å². The number of halogens is 1. The predicted molar refractivity (Wildman–Crippen MR) is 90.0 cm³/mol. The molecule has 23 heavy (non-hydrogen) atoms. The molecule has 0 spiro atoms. The van der Waals surface area contributed by atoms with Gasteiger partial charge in [-0.2, -0.15) is 0 Å². The number of unbranched alkanes of at least 4 members (excludes halogenated alkanes) is 2. The molecule has 0 aliphatic carbocycles. The molecule has 1 aliphatic heterocycles. The van der Waals surface area contributed by atoms with Gasteiger partial charge in [-0.15, -0.1) is 12.4 Å². The van der Waals surface area contributed by atoms with E-state index in [1.54, 1.807) is 12.1 Å². The van der Waals surface area contributed by atoms with Gasteiger partial charge in [-0.05, 0) is 12.8 Å². The molecule has 0 saturated carbocycles. The van der Waals surface area contributed by atoms with E-state index in [0.29, 0.717) is 35.8 Å². The Bertz CT molecular complexity index is 566. The van der Waals surface area contributed by atoms with Gasteiger partial charge in [0.15, 0.2) is 11.5 Å². The lowest BCUT2D eigenvalue weighted by molar-refractivity contribution is -0.119. The van der Waals surface area contributed by atoms with Crippen molar-refractivity contribution in [2.24, 2.45) is 0 Å². The normalized spacial score (nSPS) is 11.5. The van der Waals surface area contributed by atoms with E-state index in [9.17, 15) is 9.59 Å². The number of nitrogens with one attached hydrogen (secondary N) is 2. The summed E-state index contributed by atoms with van der Waals surface area (Å²) in [5, 5.41) is 5.50. The Morgan fingerprint density at radius 3 is 2.57 bits per heavy atom. The van der Waals surface area contributed by atoms with Crippen molar-refractivity contribution in [1.29, 1.82) is 0 Å². The van der Waals surface area contributed by atoms with Crippen molar-refractivity contribution < 1.29 is 19.1 Å². The molecule has 1 aromatic rings. The number of anilines is 2. The minimum Gasteiger partial charge on any atom is -0.454 e. The fraction of sp³-hybridized carbons (Fsp3) is 0.467. The first kappa shape index (κ1) is 18.9. The number of benzene rings is 1. The Kier molecular flexibility index (Phi) is 7.47. The SMILES string of the molecule is CC(=O)NCCCCCC(=O)Nc1cc2c(cc1N)OCO2.Cl. The highest BCUT2D eigenvalue weighted by molar-refractivity contribution is 5.94. The van der Waals surface area contributed by atoms with Crippen LogP contribution in [0.3, 0.4) is 0 Å². The molecule has 128 valence electrons. The molecular weight excluding hydrogens is 322 g/mol. The topological polar surface area (TPSA) is 103 Å². The van der Waals surface area contributed by atoms with E-state index in [1.165, 1.54) is 6.92 Å². The van der Waals surface area contributed by atoms with Crippen molar-refractivity contribution in [3.05, 3.63) is 12.1 Å². The summed E-state index contributed by atoms with van der Waals surface area (Å²) in [7, 11) is 0. The van der Waals surface area contributed by atoms with Gasteiger partial charge in [-0.25, -0.2) is 0 Å². The third-order valence-electron chi connectivity index (χ3n) is 3.27. The molecule has 7 nitrogen and oxygen atoms in total. The summed E-state index contributed by atoms with van der Waals surface area (Å²) < 4.78 is 10.5. The van der Waals surface area contributed by atoms with Crippen LogP contribution < -0.4 is 25.8 Å². The van der Waals surface area contributed by atoms with Crippen LogP contribution in [0.5, 0.6) is 11.5 Å². The van der Waals surface area contributed by atoms with Gasteiger partial charge in [-0.3, -0.25) is 9.59 Å². The zero-order chi connectivity index (χ0) is 15.9. The maximum absolute atomic E-state index is 11.9. The van der Waals surface area contributed by atoms with Gasteiger partial charge in [0.2, 0.25) is 18.6 Å². The second-order valence-electron chi connectivity index (χ2n) is 5.13. The number of hydrogen-bond donors (Lipinski definition) is 3. The molecule has 1 aliphatic rings. The first-order chi connectivity index (χ1) is 10.6. The Morgan fingerprint density at radius 2 is 1.87 bits per heavy atom. The van der Waals surface area contributed by atoms with Gasteiger partial charge in [0.1, 0.15) is 0 Å². The second-order valence-corrected chi connectivity index (χ2v) is 5.13. The number of amides is 2. The molecule has 0 radical (unpaired) electrons. The van der Waals surface area contributed by atoms with Crippen molar-refractivity contribution in [1.82, 2.24) is 5.32 Å². The largest absolute Gasteiger partial charge is 0.454 e. The predicted octanol–water partition coefficient (Wildman–Crippen LogP) is 2.05. The van der Waals surface area contributed by atoms with Crippen LogP contribution >= 0.6 is 12.4 Å². The minimum absolute atomic E-state index is 0. The lowest BCUT2D eigenvalue weighted by atomic mass is 10.1. The minimum atomic E-state index is -0.0925. The standard InChI is InChI=1S/C15H21N3O4.ClH/c1-10(19)17-6-4-2-3-5-15(20)18-12-8-14-13(7-11(12)16)21-9-22-14;/h7-8H,2-6,9,16H2,1H3,(H,17,19)(H,18,20);1H. The van der Waals surface area contributed by atoms with Crippen molar-refractivity contribution in [3.63, 3.8) is 0 Å². The number of hydrogen-bond acceptors (Lipinski definition) is 5. The Morgan fingerprint density at radius 1 is 1.17 bits per heavy atom. The molecule has 8 heteroatoms. The van der Waals surface area contributed by atoms with Crippen LogP contribution in [-0.4, -0.2) is 25.2 Å². The summed E-state index contributed by atoms with van der Waals surface area (Å²) in [5.74, 6) is 1.05. The maximum Gasteiger partial charge on any atom is 0.231 e. The summed E-state index contributed by atoms with van der Waals surface area (Å²) in [6.45, 7) is 2.30. The number of ether oxygens (including phenoxy) is 2. The van der Waals surface area contributed by atoms with Gasteiger partial charge in [0, 0.05) is 32.0 Å². The smallest absolute Gasteiger partial charge is 0.231 e. The fourth-order valence-electron chi connectivity index (χ4n) is 2.13. The van der Waals surface area contributed by atoms with Crippen LogP contribution in [0.15, 0.2) is 12.1 Å². The second kappa shape index (κ2) is 9.09. The van der Waals surface area contributed by atoms with Gasteiger partial charge < -0.3 is 25.8 Å². The summed E-state index contributed by atoms with van der Waals surface area (Å²) in [6.07, 6.45) is 2.91. The fourth-order valence-corrected chi connectivity index (χ4v) is 2.13. The van der Waals surface area contributed by atoms with Gasteiger partial charge in [0.25, 0.3) is 0 Å². The number of nitrogens with two attached hydrogens (primary N) is 1.